The van der Waals surface area contributed by atoms with Gasteiger partial charge in [-0.3, -0.25) is 4.99 Å². The van der Waals surface area contributed by atoms with Gasteiger partial charge < -0.3 is 20.1 Å². The zero-order valence-corrected chi connectivity index (χ0v) is 16.0. The molecule has 1 aromatic carbocycles. The smallest absolute Gasteiger partial charge is 0.218 e. The van der Waals surface area contributed by atoms with E-state index in [0.717, 1.165) is 30.2 Å². The molecule has 2 N–H and O–H groups in total. The number of hydrogen-bond acceptors (Lipinski definition) is 4. The number of aromatic nitrogens is 1. The fourth-order valence-electron chi connectivity index (χ4n) is 2.65. The molecule has 0 spiro atoms. The molecule has 1 aromatic heterocycles. The summed E-state index contributed by atoms with van der Waals surface area (Å²) in [5, 5.41) is 6.64. The summed E-state index contributed by atoms with van der Waals surface area (Å²) in [4.78, 5) is 8.47. The van der Waals surface area contributed by atoms with Crippen molar-refractivity contribution in [1.29, 1.82) is 0 Å². The maximum atomic E-state index is 5.27. The highest BCUT2D eigenvalue weighted by Crippen LogP contribution is 2.21. The zero-order chi connectivity index (χ0) is 18.8. The van der Waals surface area contributed by atoms with Crippen LogP contribution >= 0.6 is 0 Å². The van der Waals surface area contributed by atoms with Crippen LogP contribution in [0.1, 0.15) is 30.4 Å². The molecule has 26 heavy (non-hydrogen) atoms. The van der Waals surface area contributed by atoms with E-state index in [4.69, 9.17) is 9.47 Å². The van der Waals surface area contributed by atoms with Gasteiger partial charge in [0, 0.05) is 31.9 Å². The Morgan fingerprint density at radius 3 is 2.54 bits per heavy atom. The van der Waals surface area contributed by atoms with Gasteiger partial charge in [-0.2, -0.15) is 0 Å². The lowest BCUT2D eigenvalue weighted by Crippen LogP contribution is -2.37. The van der Waals surface area contributed by atoms with E-state index >= 15 is 0 Å². The van der Waals surface area contributed by atoms with Gasteiger partial charge in [0.25, 0.3) is 0 Å². The van der Waals surface area contributed by atoms with Crippen LogP contribution in [-0.2, 0) is 6.54 Å². The maximum Gasteiger partial charge on any atom is 0.218 e. The Hall–Kier alpha value is -2.76. The Balaban J connectivity index is 1.79. The largest absolute Gasteiger partial charge is 0.497 e. The van der Waals surface area contributed by atoms with Crippen LogP contribution in [0.2, 0.25) is 0 Å². The van der Waals surface area contributed by atoms with E-state index < -0.39 is 0 Å². The lowest BCUT2D eigenvalue weighted by Gasteiger charge is -2.16. The number of ether oxygens (including phenoxy) is 2. The highest BCUT2D eigenvalue weighted by molar-refractivity contribution is 5.79. The van der Waals surface area contributed by atoms with Crippen molar-refractivity contribution in [3.63, 3.8) is 0 Å². The van der Waals surface area contributed by atoms with Crippen LogP contribution in [0.15, 0.2) is 47.6 Å². The van der Waals surface area contributed by atoms with Gasteiger partial charge >= 0.3 is 0 Å². The van der Waals surface area contributed by atoms with Crippen LogP contribution in [-0.4, -0.2) is 38.8 Å². The number of rotatable bonds is 8. The van der Waals surface area contributed by atoms with Crippen molar-refractivity contribution < 1.29 is 9.47 Å². The molecule has 1 heterocycles. The fraction of sp³-hybridized carbons (Fsp3) is 0.400. The molecular formula is C20H28N4O2. The molecular weight excluding hydrogens is 328 g/mol. The molecule has 0 saturated heterocycles. The molecule has 0 fully saturated rings. The van der Waals surface area contributed by atoms with Crippen LogP contribution in [0.25, 0.3) is 0 Å². The van der Waals surface area contributed by atoms with Gasteiger partial charge in [-0.05, 0) is 36.1 Å². The first kappa shape index (κ1) is 19.6. The number of pyridine rings is 1. The average molecular weight is 356 g/mol. The number of methoxy groups -OCH3 is 2. The molecule has 0 aliphatic rings. The second-order valence-electron chi connectivity index (χ2n) is 5.99. The number of hydrogen-bond donors (Lipinski definition) is 2. The Labute approximate surface area is 155 Å². The van der Waals surface area contributed by atoms with Gasteiger partial charge in [0.05, 0.1) is 14.2 Å². The van der Waals surface area contributed by atoms with Crippen LogP contribution in [0, 0.1) is 0 Å². The minimum Gasteiger partial charge on any atom is -0.497 e. The van der Waals surface area contributed by atoms with Crippen molar-refractivity contribution >= 4 is 5.96 Å². The Morgan fingerprint density at radius 2 is 1.88 bits per heavy atom. The van der Waals surface area contributed by atoms with E-state index in [1.165, 1.54) is 5.56 Å². The normalized spacial score (nSPS) is 12.4. The summed E-state index contributed by atoms with van der Waals surface area (Å²) >= 11 is 0. The van der Waals surface area contributed by atoms with Gasteiger partial charge in [-0.15, -0.1) is 0 Å². The molecule has 6 nitrogen and oxygen atoms in total. The molecule has 2 aromatic rings. The Bertz CT molecular complexity index is 701. The first-order chi connectivity index (χ1) is 12.7. The molecule has 0 bridgehead atoms. The fourth-order valence-corrected chi connectivity index (χ4v) is 2.65. The Kier molecular flexibility index (Phi) is 7.74. The highest BCUT2D eigenvalue weighted by Gasteiger charge is 2.07. The number of guanidine groups is 1. The summed E-state index contributed by atoms with van der Waals surface area (Å²) in [5.41, 5.74) is 2.29. The van der Waals surface area contributed by atoms with E-state index in [9.17, 15) is 0 Å². The molecule has 1 unspecified atom stereocenters. The number of nitrogens with one attached hydrogen (secondary N) is 2. The Morgan fingerprint density at radius 1 is 1.12 bits per heavy atom. The summed E-state index contributed by atoms with van der Waals surface area (Å²) in [7, 11) is 5.07. The first-order valence-corrected chi connectivity index (χ1v) is 8.74. The average Bonchev–Trinajstić information content (AvgIpc) is 2.70. The summed E-state index contributed by atoms with van der Waals surface area (Å²) < 4.78 is 10.5. The van der Waals surface area contributed by atoms with Crippen molar-refractivity contribution in [1.82, 2.24) is 15.6 Å². The van der Waals surface area contributed by atoms with E-state index in [1.807, 2.05) is 24.3 Å². The SMILES string of the molecule is CN=C(NCCC(C)c1ccc(OC)cc1)NCc1cccnc1OC. The molecule has 0 aliphatic carbocycles. The summed E-state index contributed by atoms with van der Waals surface area (Å²) in [6, 6.07) is 12.1. The van der Waals surface area contributed by atoms with Crippen LogP contribution < -0.4 is 20.1 Å². The molecule has 0 radical (unpaired) electrons. The predicted octanol–water partition coefficient (Wildman–Crippen LogP) is 2.96. The lowest BCUT2D eigenvalue weighted by molar-refractivity contribution is 0.392. The second kappa shape index (κ2) is 10.3. The maximum absolute atomic E-state index is 5.27. The topological polar surface area (TPSA) is 67.8 Å². The van der Waals surface area contributed by atoms with Crippen LogP contribution in [0.4, 0.5) is 0 Å². The second-order valence-corrected chi connectivity index (χ2v) is 5.99. The van der Waals surface area contributed by atoms with Crippen molar-refractivity contribution in [3.8, 4) is 11.6 Å². The van der Waals surface area contributed by atoms with Gasteiger partial charge in [0.1, 0.15) is 5.75 Å². The monoisotopic (exact) mass is 356 g/mol. The molecule has 1 atom stereocenters. The van der Waals surface area contributed by atoms with Crippen molar-refractivity contribution in [2.45, 2.75) is 25.8 Å². The quantitative estimate of drug-likeness (QED) is 0.562. The molecule has 6 heteroatoms. The minimum atomic E-state index is 0.449. The highest BCUT2D eigenvalue weighted by atomic mass is 16.5. The van der Waals surface area contributed by atoms with Gasteiger partial charge in [0.15, 0.2) is 5.96 Å². The third kappa shape index (κ3) is 5.65. The predicted molar refractivity (Wildman–Crippen MR) is 105 cm³/mol. The minimum absolute atomic E-state index is 0.449. The van der Waals surface area contributed by atoms with Gasteiger partial charge in [0.2, 0.25) is 5.88 Å². The molecule has 2 rings (SSSR count). The summed E-state index contributed by atoms with van der Waals surface area (Å²) in [6.45, 7) is 3.65. The summed E-state index contributed by atoms with van der Waals surface area (Å²) in [5.74, 6) is 2.72. The van der Waals surface area contributed by atoms with E-state index in [0.29, 0.717) is 18.3 Å². The number of nitrogens with zero attached hydrogens (tertiary/aromatic N) is 2. The van der Waals surface area contributed by atoms with Gasteiger partial charge in [-0.25, -0.2) is 4.98 Å². The van der Waals surface area contributed by atoms with Crippen molar-refractivity contribution in [2.24, 2.45) is 4.99 Å². The summed E-state index contributed by atoms with van der Waals surface area (Å²) in [6.07, 6.45) is 2.72. The van der Waals surface area contributed by atoms with E-state index in [2.05, 4.69) is 39.7 Å². The van der Waals surface area contributed by atoms with E-state index in [1.54, 1.807) is 27.5 Å². The molecule has 140 valence electrons. The molecule has 0 amide bonds. The van der Waals surface area contributed by atoms with Crippen LogP contribution in [0.3, 0.4) is 0 Å². The number of aliphatic imine (C=N–C) groups is 1. The third-order valence-corrected chi connectivity index (χ3v) is 4.27. The standard InChI is InChI=1S/C20H28N4O2/c1-15(16-7-9-18(25-3)10-8-16)11-13-23-20(21-2)24-14-17-6-5-12-22-19(17)26-4/h5-10,12,15H,11,13-14H2,1-4H3,(H2,21,23,24). The first-order valence-electron chi connectivity index (χ1n) is 8.74. The molecule has 0 aliphatic heterocycles. The number of benzene rings is 1. The molecule has 0 saturated carbocycles. The van der Waals surface area contributed by atoms with Crippen molar-refractivity contribution in [2.75, 3.05) is 27.8 Å². The zero-order valence-electron chi connectivity index (χ0n) is 16.0. The lowest BCUT2D eigenvalue weighted by atomic mass is 9.98. The van der Waals surface area contributed by atoms with Crippen molar-refractivity contribution in [3.05, 3.63) is 53.7 Å². The van der Waals surface area contributed by atoms with Crippen LogP contribution in [0.5, 0.6) is 11.6 Å². The van der Waals surface area contributed by atoms with E-state index in [-0.39, 0.29) is 0 Å². The third-order valence-electron chi connectivity index (χ3n) is 4.27. The van der Waals surface area contributed by atoms with Gasteiger partial charge in [-0.1, -0.05) is 25.1 Å².